The van der Waals surface area contributed by atoms with Crippen LogP contribution in [-0.4, -0.2) is 32.0 Å². The van der Waals surface area contributed by atoms with Crippen LogP contribution in [0.4, 0.5) is 5.69 Å². The molecule has 0 amide bonds. The third-order valence-electron chi connectivity index (χ3n) is 3.03. The highest BCUT2D eigenvalue weighted by molar-refractivity contribution is 5.42. The Bertz CT molecular complexity index is 325. The Morgan fingerprint density at radius 2 is 1.89 bits per heavy atom. The van der Waals surface area contributed by atoms with Gasteiger partial charge in [-0.3, -0.25) is 0 Å². The Hall–Kier alpha value is -1.06. The smallest absolute Gasteiger partial charge is 0.0719 e. The van der Waals surface area contributed by atoms with E-state index in [0.717, 1.165) is 25.3 Å². The zero-order valence-corrected chi connectivity index (χ0v) is 11.9. The summed E-state index contributed by atoms with van der Waals surface area (Å²) in [6.07, 6.45) is 1.09. The number of para-hydroxylation sites is 1. The maximum Gasteiger partial charge on any atom is 0.0719 e. The van der Waals surface area contributed by atoms with Crippen LogP contribution in [0.3, 0.4) is 0 Å². The normalized spacial score (nSPS) is 13.3. The van der Waals surface area contributed by atoms with E-state index in [-0.39, 0.29) is 11.7 Å². The van der Waals surface area contributed by atoms with Crippen LogP contribution in [0.25, 0.3) is 0 Å². The summed E-state index contributed by atoms with van der Waals surface area (Å²) in [5, 5.41) is 3.35. The van der Waals surface area contributed by atoms with Gasteiger partial charge in [0.05, 0.1) is 11.7 Å². The molecule has 0 bridgehead atoms. The van der Waals surface area contributed by atoms with E-state index in [1.54, 1.807) is 7.11 Å². The zero-order chi connectivity index (χ0) is 13.4. The van der Waals surface area contributed by atoms with Crippen molar-refractivity contribution in [3.8, 4) is 0 Å². The second-order valence-corrected chi connectivity index (χ2v) is 5.14. The van der Waals surface area contributed by atoms with Crippen LogP contribution in [0.15, 0.2) is 30.3 Å². The first-order valence-corrected chi connectivity index (χ1v) is 6.49. The molecule has 1 aromatic rings. The van der Waals surface area contributed by atoms with Gasteiger partial charge < -0.3 is 14.8 Å². The summed E-state index contributed by atoms with van der Waals surface area (Å²) in [5.74, 6) is 0. The van der Waals surface area contributed by atoms with Crippen LogP contribution in [-0.2, 0) is 9.47 Å². The summed E-state index contributed by atoms with van der Waals surface area (Å²) < 4.78 is 11.1. The Balaban J connectivity index is 2.16. The SMILES string of the molecule is COC(C)(C)CCOC(C)CNc1ccccc1. The first kappa shape index (κ1) is 15.0. The van der Waals surface area contributed by atoms with Gasteiger partial charge in [0.15, 0.2) is 0 Å². The van der Waals surface area contributed by atoms with Crippen molar-refractivity contribution in [2.75, 3.05) is 25.6 Å². The molecule has 3 nitrogen and oxygen atoms in total. The fraction of sp³-hybridized carbons (Fsp3) is 0.600. The maximum atomic E-state index is 5.76. The molecule has 3 heteroatoms. The van der Waals surface area contributed by atoms with Gasteiger partial charge in [0, 0.05) is 25.9 Å². The van der Waals surface area contributed by atoms with Crippen LogP contribution < -0.4 is 5.32 Å². The van der Waals surface area contributed by atoms with Gasteiger partial charge >= 0.3 is 0 Å². The molecule has 0 fully saturated rings. The molecule has 1 atom stereocenters. The number of nitrogens with one attached hydrogen (secondary N) is 1. The molecular weight excluding hydrogens is 226 g/mol. The van der Waals surface area contributed by atoms with Gasteiger partial charge in [-0.2, -0.15) is 0 Å². The summed E-state index contributed by atoms with van der Waals surface area (Å²) in [6, 6.07) is 10.2. The summed E-state index contributed by atoms with van der Waals surface area (Å²) in [4.78, 5) is 0. The third-order valence-corrected chi connectivity index (χ3v) is 3.03. The molecule has 1 rings (SSSR count). The fourth-order valence-electron chi connectivity index (χ4n) is 1.48. The van der Waals surface area contributed by atoms with Crippen molar-refractivity contribution in [3.05, 3.63) is 30.3 Å². The van der Waals surface area contributed by atoms with E-state index in [1.165, 1.54) is 0 Å². The molecule has 0 saturated carbocycles. The monoisotopic (exact) mass is 251 g/mol. The lowest BCUT2D eigenvalue weighted by molar-refractivity contribution is -0.0210. The fourth-order valence-corrected chi connectivity index (χ4v) is 1.48. The van der Waals surface area contributed by atoms with Crippen molar-refractivity contribution in [1.82, 2.24) is 0 Å². The highest BCUT2D eigenvalue weighted by atomic mass is 16.5. The summed E-state index contributed by atoms with van der Waals surface area (Å²) in [5.41, 5.74) is 1.03. The number of hydrogen-bond acceptors (Lipinski definition) is 3. The van der Waals surface area contributed by atoms with Crippen molar-refractivity contribution >= 4 is 5.69 Å². The lowest BCUT2D eigenvalue weighted by Gasteiger charge is -2.24. The van der Waals surface area contributed by atoms with Gasteiger partial charge in [-0.15, -0.1) is 0 Å². The number of anilines is 1. The van der Waals surface area contributed by atoms with Crippen molar-refractivity contribution < 1.29 is 9.47 Å². The van der Waals surface area contributed by atoms with Crippen LogP contribution in [0.1, 0.15) is 27.2 Å². The highest BCUT2D eigenvalue weighted by Gasteiger charge is 2.16. The van der Waals surface area contributed by atoms with E-state index in [2.05, 4.69) is 38.2 Å². The molecule has 0 saturated heterocycles. The van der Waals surface area contributed by atoms with Crippen LogP contribution >= 0.6 is 0 Å². The molecular formula is C15H25NO2. The van der Waals surface area contributed by atoms with Gasteiger partial charge in [-0.1, -0.05) is 18.2 Å². The standard InChI is InChI=1S/C15H25NO2/c1-13(18-11-10-15(2,3)17-4)12-16-14-8-6-5-7-9-14/h5-9,13,16H,10-12H2,1-4H3. The zero-order valence-electron chi connectivity index (χ0n) is 11.9. The average molecular weight is 251 g/mol. The topological polar surface area (TPSA) is 30.5 Å². The van der Waals surface area contributed by atoms with Crippen LogP contribution in [0.2, 0.25) is 0 Å². The van der Waals surface area contributed by atoms with E-state index in [0.29, 0.717) is 0 Å². The predicted molar refractivity (Wildman–Crippen MR) is 76.1 cm³/mol. The Morgan fingerprint density at radius 1 is 1.22 bits per heavy atom. The van der Waals surface area contributed by atoms with Gasteiger partial charge in [0.2, 0.25) is 0 Å². The minimum atomic E-state index is -0.105. The van der Waals surface area contributed by atoms with E-state index in [4.69, 9.17) is 9.47 Å². The lowest BCUT2D eigenvalue weighted by Crippen LogP contribution is -2.27. The first-order valence-electron chi connectivity index (χ1n) is 6.49. The molecule has 102 valence electrons. The Labute approximate surface area is 110 Å². The minimum Gasteiger partial charge on any atom is -0.382 e. The third kappa shape index (κ3) is 6.03. The van der Waals surface area contributed by atoms with Gasteiger partial charge in [-0.25, -0.2) is 0 Å². The molecule has 0 spiro atoms. The molecule has 0 aliphatic rings. The second-order valence-electron chi connectivity index (χ2n) is 5.14. The molecule has 0 aliphatic carbocycles. The van der Waals surface area contributed by atoms with E-state index >= 15 is 0 Å². The molecule has 1 unspecified atom stereocenters. The Kier molecular flexibility index (Phi) is 6.16. The van der Waals surface area contributed by atoms with Crippen LogP contribution in [0, 0.1) is 0 Å². The Morgan fingerprint density at radius 3 is 2.50 bits per heavy atom. The van der Waals surface area contributed by atoms with Crippen LogP contribution in [0.5, 0.6) is 0 Å². The van der Waals surface area contributed by atoms with Gasteiger partial charge in [0.1, 0.15) is 0 Å². The number of hydrogen-bond donors (Lipinski definition) is 1. The predicted octanol–water partition coefficient (Wildman–Crippen LogP) is 3.32. The van der Waals surface area contributed by atoms with Crippen molar-refractivity contribution in [3.63, 3.8) is 0 Å². The number of methoxy groups -OCH3 is 1. The van der Waals surface area contributed by atoms with E-state index in [1.807, 2.05) is 18.2 Å². The van der Waals surface area contributed by atoms with Crippen molar-refractivity contribution in [1.29, 1.82) is 0 Å². The number of ether oxygens (including phenoxy) is 2. The molecule has 0 heterocycles. The lowest BCUT2D eigenvalue weighted by atomic mass is 10.1. The quantitative estimate of drug-likeness (QED) is 0.769. The number of rotatable bonds is 8. The summed E-state index contributed by atoms with van der Waals surface area (Å²) in [6.45, 7) is 7.76. The maximum absolute atomic E-state index is 5.76. The summed E-state index contributed by atoms with van der Waals surface area (Å²) >= 11 is 0. The molecule has 1 N–H and O–H groups in total. The van der Waals surface area contributed by atoms with Crippen molar-refractivity contribution in [2.24, 2.45) is 0 Å². The van der Waals surface area contributed by atoms with E-state index in [9.17, 15) is 0 Å². The van der Waals surface area contributed by atoms with Gasteiger partial charge in [0.25, 0.3) is 0 Å². The largest absolute Gasteiger partial charge is 0.382 e. The molecule has 0 aliphatic heterocycles. The minimum absolute atomic E-state index is 0.105. The molecule has 1 aromatic carbocycles. The molecule has 0 radical (unpaired) electrons. The second kappa shape index (κ2) is 7.39. The molecule has 18 heavy (non-hydrogen) atoms. The highest BCUT2D eigenvalue weighted by Crippen LogP contribution is 2.13. The van der Waals surface area contributed by atoms with E-state index < -0.39 is 0 Å². The summed E-state index contributed by atoms with van der Waals surface area (Å²) in [7, 11) is 1.74. The average Bonchev–Trinajstić information content (AvgIpc) is 2.37. The number of benzene rings is 1. The first-order chi connectivity index (χ1) is 8.53. The van der Waals surface area contributed by atoms with Crippen molar-refractivity contribution in [2.45, 2.75) is 38.9 Å². The van der Waals surface area contributed by atoms with Gasteiger partial charge in [-0.05, 0) is 39.3 Å². The molecule has 0 aromatic heterocycles.